The van der Waals surface area contributed by atoms with E-state index in [2.05, 4.69) is 30.1 Å². The Morgan fingerprint density at radius 3 is 2.50 bits per heavy atom. The summed E-state index contributed by atoms with van der Waals surface area (Å²) >= 11 is 0. The van der Waals surface area contributed by atoms with Crippen LogP contribution in [0, 0.1) is 11.3 Å². The van der Waals surface area contributed by atoms with Gasteiger partial charge in [0.15, 0.2) is 0 Å². The van der Waals surface area contributed by atoms with Crippen molar-refractivity contribution in [2.24, 2.45) is 0 Å². The molecule has 0 aliphatic heterocycles. The van der Waals surface area contributed by atoms with E-state index in [9.17, 15) is 0 Å². The summed E-state index contributed by atoms with van der Waals surface area (Å²) < 4.78 is 0. The Hall–Kier alpha value is -0.590. The maximum Gasteiger partial charge on any atom is 0.108 e. The molecule has 0 bridgehead atoms. The normalized spacial score (nSPS) is 12.8. The molecule has 1 N–H and O–H groups in total. The number of unbranched alkanes of at least 4 members (excludes halogenated alkanes) is 1. The van der Waals surface area contributed by atoms with Gasteiger partial charge in [-0.25, -0.2) is 0 Å². The predicted molar refractivity (Wildman–Crippen MR) is 60.1 cm³/mol. The van der Waals surface area contributed by atoms with Gasteiger partial charge in [-0.15, -0.1) is 0 Å². The van der Waals surface area contributed by atoms with Gasteiger partial charge in [0.2, 0.25) is 0 Å². The van der Waals surface area contributed by atoms with Crippen LogP contribution in [0.5, 0.6) is 0 Å². The van der Waals surface area contributed by atoms with Crippen LogP contribution >= 0.6 is 0 Å². The van der Waals surface area contributed by atoms with Gasteiger partial charge in [-0.1, -0.05) is 27.2 Å². The summed E-state index contributed by atoms with van der Waals surface area (Å²) in [5.74, 6) is 0. The third kappa shape index (κ3) is 5.95. The summed E-state index contributed by atoms with van der Waals surface area (Å²) in [7, 11) is 0. The van der Waals surface area contributed by atoms with Crippen LogP contribution in [0.3, 0.4) is 0 Å². The van der Waals surface area contributed by atoms with Crippen molar-refractivity contribution in [1.82, 2.24) is 10.2 Å². The standard InChI is InChI=1S/C11H23N3/c1-4-7-8-14(6-3)10-11(9-12)13-5-2/h11,13H,4-8,10H2,1-3H3. The van der Waals surface area contributed by atoms with E-state index in [4.69, 9.17) is 5.26 Å². The van der Waals surface area contributed by atoms with Crippen LogP contribution < -0.4 is 5.32 Å². The zero-order chi connectivity index (χ0) is 10.8. The molecule has 0 aliphatic rings. The molecule has 1 atom stereocenters. The maximum atomic E-state index is 8.89. The molecule has 0 spiro atoms. The molecule has 0 heterocycles. The lowest BCUT2D eigenvalue weighted by atomic mass is 10.2. The van der Waals surface area contributed by atoms with Gasteiger partial charge >= 0.3 is 0 Å². The van der Waals surface area contributed by atoms with Crippen LogP contribution in [0.25, 0.3) is 0 Å². The van der Waals surface area contributed by atoms with Gasteiger partial charge in [-0.3, -0.25) is 0 Å². The highest BCUT2D eigenvalue weighted by atomic mass is 15.1. The predicted octanol–water partition coefficient (Wildman–Crippen LogP) is 1.61. The van der Waals surface area contributed by atoms with Crippen molar-refractivity contribution in [3.05, 3.63) is 0 Å². The molecule has 0 saturated heterocycles. The number of nitrogens with one attached hydrogen (secondary N) is 1. The quantitative estimate of drug-likeness (QED) is 0.642. The molecule has 0 aromatic carbocycles. The monoisotopic (exact) mass is 197 g/mol. The van der Waals surface area contributed by atoms with Crippen molar-refractivity contribution in [2.45, 2.75) is 39.7 Å². The number of hydrogen-bond donors (Lipinski definition) is 1. The van der Waals surface area contributed by atoms with E-state index < -0.39 is 0 Å². The Balaban J connectivity index is 3.82. The molecule has 3 nitrogen and oxygen atoms in total. The van der Waals surface area contributed by atoms with Crippen LogP contribution in [0.15, 0.2) is 0 Å². The van der Waals surface area contributed by atoms with Gasteiger partial charge in [-0.2, -0.15) is 5.26 Å². The van der Waals surface area contributed by atoms with Gasteiger partial charge in [0.05, 0.1) is 6.07 Å². The fourth-order valence-corrected chi connectivity index (χ4v) is 1.42. The molecule has 1 unspecified atom stereocenters. The van der Waals surface area contributed by atoms with E-state index in [1.807, 2.05) is 6.92 Å². The SMILES string of the molecule is CCCCN(CC)CC(C#N)NCC. The lowest BCUT2D eigenvalue weighted by Crippen LogP contribution is -2.40. The highest BCUT2D eigenvalue weighted by molar-refractivity contribution is 4.91. The van der Waals surface area contributed by atoms with Crippen LogP contribution in [-0.2, 0) is 0 Å². The molecule has 0 fully saturated rings. The third-order valence-corrected chi connectivity index (χ3v) is 2.32. The van der Waals surface area contributed by atoms with Crippen molar-refractivity contribution in [3.8, 4) is 6.07 Å². The number of rotatable bonds is 8. The van der Waals surface area contributed by atoms with Crippen molar-refractivity contribution >= 4 is 0 Å². The van der Waals surface area contributed by atoms with Gasteiger partial charge in [0.1, 0.15) is 6.04 Å². The molecule has 0 aromatic heterocycles. The van der Waals surface area contributed by atoms with E-state index in [1.54, 1.807) is 0 Å². The van der Waals surface area contributed by atoms with Crippen LogP contribution in [-0.4, -0.2) is 37.1 Å². The summed E-state index contributed by atoms with van der Waals surface area (Å²) in [6.07, 6.45) is 2.44. The summed E-state index contributed by atoms with van der Waals surface area (Å²) in [6.45, 7) is 10.2. The number of hydrogen-bond acceptors (Lipinski definition) is 3. The van der Waals surface area contributed by atoms with Crippen molar-refractivity contribution < 1.29 is 0 Å². The molecule has 0 aromatic rings. The van der Waals surface area contributed by atoms with Crippen molar-refractivity contribution in [1.29, 1.82) is 5.26 Å². The molecule has 0 rings (SSSR count). The molecule has 14 heavy (non-hydrogen) atoms. The summed E-state index contributed by atoms with van der Waals surface area (Å²) in [4.78, 5) is 2.33. The number of likely N-dealkylation sites (N-methyl/N-ethyl adjacent to an activating group) is 2. The molecular formula is C11H23N3. The van der Waals surface area contributed by atoms with Crippen molar-refractivity contribution in [3.63, 3.8) is 0 Å². The van der Waals surface area contributed by atoms with Crippen LogP contribution in [0.4, 0.5) is 0 Å². The molecule has 3 heteroatoms. The van der Waals surface area contributed by atoms with Crippen molar-refractivity contribution in [2.75, 3.05) is 26.2 Å². The van der Waals surface area contributed by atoms with Gasteiger partial charge in [0, 0.05) is 6.54 Å². The zero-order valence-electron chi connectivity index (χ0n) is 9.71. The minimum atomic E-state index is -0.0168. The van der Waals surface area contributed by atoms with E-state index in [-0.39, 0.29) is 6.04 Å². The van der Waals surface area contributed by atoms with E-state index in [0.717, 1.165) is 26.2 Å². The molecule has 0 radical (unpaired) electrons. The molecule has 0 aliphatic carbocycles. The lowest BCUT2D eigenvalue weighted by Gasteiger charge is -2.22. The first-order valence-corrected chi connectivity index (χ1v) is 5.63. The molecular weight excluding hydrogens is 174 g/mol. The van der Waals surface area contributed by atoms with Crippen LogP contribution in [0.2, 0.25) is 0 Å². The Morgan fingerprint density at radius 1 is 1.36 bits per heavy atom. The second-order valence-corrected chi connectivity index (χ2v) is 3.49. The van der Waals surface area contributed by atoms with Gasteiger partial charge in [-0.05, 0) is 26.1 Å². The lowest BCUT2D eigenvalue weighted by molar-refractivity contribution is 0.267. The first-order chi connectivity index (χ1) is 6.78. The van der Waals surface area contributed by atoms with E-state index in [0.29, 0.717) is 0 Å². The van der Waals surface area contributed by atoms with E-state index in [1.165, 1.54) is 12.8 Å². The molecule has 0 amide bonds. The molecule has 82 valence electrons. The largest absolute Gasteiger partial charge is 0.301 e. The number of nitriles is 1. The first-order valence-electron chi connectivity index (χ1n) is 5.63. The smallest absolute Gasteiger partial charge is 0.108 e. The highest BCUT2D eigenvalue weighted by Crippen LogP contribution is 1.96. The molecule has 0 saturated carbocycles. The second kappa shape index (κ2) is 8.98. The average molecular weight is 197 g/mol. The Morgan fingerprint density at radius 2 is 2.07 bits per heavy atom. The second-order valence-electron chi connectivity index (χ2n) is 3.49. The van der Waals surface area contributed by atoms with Crippen LogP contribution in [0.1, 0.15) is 33.6 Å². The fraction of sp³-hybridized carbons (Fsp3) is 0.909. The highest BCUT2D eigenvalue weighted by Gasteiger charge is 2.10. The Labute approximate surface area is 88.1 Å². The minimum Gasteiger partial charge on any atom is -0.301 e. The summed E-state index contributed by atoms with van der Waals surface area (Å²) in [6, 6.07) is 2.27. The maximum absolute atomic E-state index is 8.89. The number of nitrogens with zero attached hydrogens (tertiary/aromatic N) is 2. The first kappa shape index (κ1) is 13.4. The summed E-state index contributed by atoms with van der Waals surface area (Å²) in [5, 5.41) is 12.1. The van der Waals surface area contributed by atoms with E-state index >= 15 is 0 Å². The average Bonchev–Trinajstić information content (AvgIpc) is 2.22. The third-order valence-electron chi connectivity index (χ3n) is 2.32. The fourth-order valence-electron chi connectivity index (χ4n) is 1.42. The summed E-state index contributed by atoms with van der Waals surface area (Å²) in [5.41, 5.74) is 0. The van der Waals surface area contributed by atoms with Gasteiger partial charge in [0.25, 0.3) is 0 Å². The zero-order valence-corrected chi connectivity index (χ0v) is 9.71. The minimum absolute atomic E-state index is 0.0168. The Bertz CT molecular complexity index is 162. The topological polar surface area (TPSA) is 39.1 Å². The van der Waals surface area contributed by atoms with Gasteiger partial charge < -0.3 is 10.2 Å². The Kier molecular flexibility index (Phi) is 8.61.